The summed E-state index contributed by atoms with van der Waals surface area (Å²) in [5, 5.41) is 5.91. The van der Waals surface area contributed by atoms with Gasteiger partial charge in [0.2, 0.25) is 5.91 Å². The zero-order valence-corrected chi connectivity index (χ0v) is 17.5. The highest BCUT2D eigenvalue weighted by Crippen LogP contribution is 2.20. The second-order valence-electron chi connectivity index (χ2n) is 7.74. The Hall–Kier alpha value is -3.09. The molecule has 30 heavy (non-hydrogen) atoms. The molecule has 2 heterocycles. The number of carbonyl (C=O) groups excluding carboxylic acids is 3. The van der Waals surface area contributed by atoms with E-state index in [4.69, 9.17) is 4.42 Å². The predicted molar refractivity (Wildman–Crippen MR) is 113 cm³/mol. The first-order chi connectivity index (χ1) is 14.5. The Bertz CT molecular complexity index is 870. The number of carbonyl (C=O) groups is 3. The minimum absolute atomic E-state index is 0.0189. The molecule has 0 spiro atoms. The van der Waals surface area contributed by atoms with Gasteiger partial charge in [-0.2, -0.15) is 0 Å². The molecule has 160 valence electrons. The van der Waals surface area contributed by atoms with Crippen LogP contribution in [0.15, 0.2) is 47.1 Å². The molecule has 2 aromatic rings. The third kappa shape index (κ3) is 5.49. The third-order valence-electron chi connectivity index (χ3n) is 5.53. The number of furan rings is 1. The molecule has 1 atom stereocenters. The average Bonchev–Trinajstić information content (AvgIpc) is 3.32. The fourth-order valence-electron chi connectivity index (χ4n) is 3.47. The number of hydrogen-bond donors (Lipinski definition) is 2. The van der Waals surface area contributed by atoms with Gasteiger partial charge in [0, 0.05) is 37.2 Å². The highest BCUT2D eigenvalue weighted by atomic mass is 16.3. The van der Waals surface area contributed by atoms with Crippen molar-refractivity contribution in [3.63, 3.8) is 0 Å². The Morgan fingerprint density at radius 3 is 2.60 bits per heavy atom. The number of amides is 3. The monoisotopic (exact) mass is 411 g/mol. The number of benzene rings is 1. The summed E-state index contributed by atoms with van der Waals surface area (Å²) in [7, 11) is 0. The molecule has 1 saturated heterocycles. The first-order valence-corrected chi connectivity index (χ1v) is 10.5. The molecular weight excluding hydrogens is 382 g/mol. The molecular formula is C23H29N3O4. The maximum absolute atomic E-state index is 12.6. The van der Waals surface area contributed by atoms with Crippen LogP contribution in [0.3, 0.4) is 0 Å². The largest absolute Gasteiger partial charge is 0.459 e. The third-order valence-corrected chi connectivity index (χ3v) is 5.53. The lowest BCUT2D eigenvalue weighted by atomic mass is 9.95. The zero-order chi connectivity index (χ0) is 21.5. The molecule has 3 rings (SSSR count). The molecule has 7 nitrogen and oxygen atoms in total. The van der Waals surface area contributed by atoms with Crippen LogP contribution in [0.1, 0.15) is 59.6 Å². The van der Waals surface area contributed by atoms with E-state index in [9.17, 15) is 14.4 Å². The summed E-state index contributed by atoms with van der Waals surface area (Å²) in [6.07, 6.45) is 3.59. The van der Waals surface area contributed by atoms with Gasteiger partial charge in [-0.3, -0.25) is 14.4 Å². The fraction of sp³-hybridized carbons (Fsp3) is 0.435. The second kappa shape index (κ2) is 10.1. The number of likely N-dealkylation sites (tertiary alicyclic amines) is 1. The van der Waals surface area contributed by atoms with E-state index in [0.717, 1.165) is 12.0 Å². The van der Waals surface area contributed by atoms with Gasteiger partial charge in [0.05, 0.1) is 6.26 Å². The molecule has 1 aliphatic heterocycles. The summed E-state index contributed by atoms with van der Waals surface area (Å²) >= 11 is 0. The topological polar surface area (TPSA) is 91.7 Å². The number of hydrogen-bond acceptors (Lipinski definition) is 4. The van der Waals surface area contributed by atoms with Crippen molar-refractivity contribution >= 4 is 17.7 Å². The van der Waals surface area contributed by atoms with Crippen molar-refractivity contribution in [3.8, 4) is 0 Å². The highest BCUT2D eigenvalue weighted by Gasteiger charge is 2.28. The Kier molecular flexibility index (Phi) is 7.27. The normalized spacial score (nSPS) is 15.5. The minimum Gasteiger partial charge on any atom is -0.459 e. The van der Waals surface area contributed by atoms with E-state index in [1.807, 2.05) is 32.0 Å². The van der Waals surface area contributed by atoms with Crippen molar-refractivity contribution in [2.45, 2.75) is 45.7 Å². The summed E-state index contributed by atoms with van der Waals surface area (Å²) < 4.78 is 5.17. The van der Waals surface area contributed by atoms with Crippen molar-refractivity contribution in [1.29, 1.82) is 0 Å². The Morgan fingerprint density at radius 1 is 1.17 bits per heavy atom. The van der Waals surface area contributed by atoms with Gasteiger partial charge >= 0.3 is 0 Å². The van der Waals surface area contributed by atoms with Gasteiger partial charge in [0.25, 0.3) is 11.8 Å². The lowest BCUT2D eigenvalue weighted by Gasteiger charge is -2.30. The van der Waals surface area contributed by atoms with Crippen LogP contribution in [0.5, 0.6) is 0 Å². The van der Waals surface area contributed by atoms with Crippen molar-refractivity contribution in [2.75, 3.05) is 13.1 Å². The molecule has 0 radical (unpaired) electrons. The van der Waals surface area contributed by atoms with Crippen molar-refractivity contribution in [1.82, 2.24) is 15.5 Å². The lowest BCUT2D eigenvalue weighted by Crippen LogP contribution is -2.42. The molecule has 1 unspecified atom stereocenters. The molecule has 2 N–H and O–H groups in total. The van der Waals surface area contributed by atoms with Crippen molar-refractivity contribution in [3.05, 3.63) is 59.5 Å². The SMILES string of the molecule is CCC(C)NC(=O)c1cccc(CNC(=O)C2CCN(C(=O)c3ccco3)CC2)c1. The fourth-order valence-corrected chi connectivity index (χ4v) is 3.47. The summed E-state index contributed by atoms with van der Waals surface area (Å²) in [6.45, 7) is 5.42. The van der Waals surface area contributed by atoms with Gasteiger partial charge < -0.3 is 20.0 Å². The van der Waals surface area contributed by atoms with Crippen LogP contribution >= 0.6 is 0 Å². The maximum atomic E-state index is 12.6. The lowest BCUT2D eigenvalue weighted by molar-refractivity contribution is -0.126. The molecule has 1 aromatic heterocycles. The molecule has 0 bridgehead atoms. The van der Waals surface area contributed by atoms with Crippen LogP contribution in [0.4, 0.5) is 0 Å². The Morgan fingerprint density at radius 2 is 1.93 bits per heavy atom. The van der Waals surface area contributed by atoms with Crippen LogP contribution in [-0.2, 0) is 11.3 Å². The molecule has 3 amide bonds. The molecule has 1 aromatic carbocycles. The van der Waals surface area contributed by atoms with Crippen LogP contribution < -0.4 is 10.6 Å². The van der Waals surface area contributed by atoms with Crippen LogP contribution in [0.25, 0.3) is 0 Å². The van der Waals surface area contributed by atoms with E-state index in [1.54, 1.807) is 23.1 Å². The number of nitrogens with one attached hydrogen (secondary N) is 2. The zero-order valence-electron chi connectivity index (χ0n) is 17.5. The number of rotatable bonds is 7. The average molecular weight is 412 g/mol. The maximum Gasteiger partial charge on any atom is 0.289 e. The van der Waals surface area contributed by atoms with Gasteiger partial charge in [-0.15, -0.1) is 0 Å². The van der Waals surface area contributed by atoms with Gasteiger partial charge in [0.1, 0.15) is 0 Å². The highest BCUT2D eigenvalue weighted by molar-refractivity contribution is 5.94. The first kappa shape index (κ1) is 21.6. The van der Waals surface area contributed by atoms with Gasteiger partial charge in [0.15, 0.2) is 5.76 Å². The molecule has 7 heteroatoms. The quantitative estimate of drug-likeness (QED) is 0.733. The van der Waals surface area contributed by atoms with Crippen molar-refractivity contribution in [2.24, 2.45) is 5.92 Å². The molecule has 0 aliphatic carbocycles. The van der Waals surface area contributed by atoms with Crippen LogP contribution in [-0.4, -0.2) is 41.8 Å². The molecule has 1 fully saturated rings. The van der Waals surface area contributed by atoms with E-state index in [1.165, 1.54) is 6.26 Å². The smallest absolute Gasteiger partial charge is 0.289 e. The van der Waals surface area contributed by atoms with Crippen LogP contribution in [0, 0.1) is 5.92 Å². The Labute approximate surface area is 176 Å². The second-order valence-corrected chi connectivity index (χ2v) is 7.74. The standard InChI is InChI=1S/C23H29N3O4/c1-3-16(2)25-22(28)19-7-4-6-17(14-19)15-24-21(27)18-9-11-26(12-10-18)23(29)20-8-5-13-30-20/h4-8,13-14,16,18H,3,9-12,15H2,1-2H3,(H,24,27)(H,25,28). The molecule has 0 saturated carbocycles. The summed E-state index contributed by atoms with van der Waals surface area (Å²) in [5.74, 6) is -0.0512. The number of nitrogens with zero attached hydrogens (tertiary/aromatic N) is 1. The van der Waals surface area contributed by atoms with E-state index in [-0.39, 0.29) is 29.7 Å². The minimum atomic E-state index is -0.133. The van der Waals surface area contributed by atoms with Gasteiger partial charge in [-0.25, -0.2) is 0 Å². The molecule has 1 aliphatic rings. The van der Waals surface area contributed by atoms with Crippen molar-refractivity contribution < 1.29 is 18.8 Å². The summed E-state index contributed by atoms with van der Waals surface area (Å²) in [4.78, 5) is 38.9. The number of piperidine rings is 1. The first-order valence-electron chi connectivity index (χ1n) is 10.5. The van der Waals surface area contributed by atoms with E-state index in [2.05, 4.69) is 10.6 Å². The van der Waals surface area contributed by atoms with E-state index < -0.39 is 0 Å². The van der Waals surface area contributed by atoms with Gasteiger partial charge in [-0.1, -0.05) is 19.1 Å². The summed E-state index contributed by atoms with van der Waals surface area (Å²) in [5.41, 5.74) is 1.47. The predicted octanol–water partition coefficient (Wildman–Crippen LogP) is 2.98. The van der Waals surface area contributed by atoms with Crippen LogP contribution in [0.2, 0.25) is 0 Å². The van der Waals surface area contributed by atoms with Gasteiger partial charge in [-0.05, 0) is 56.0 Å². The summed E-state index contributed by atoms with van der Waals surface area (Å²) in [6, 6.07) is 10.8. The van der Waals surface area contributed by atoms with E-state index >= 15 is 0 Å². The Balaban J connectivity index is 1.47. The van der Waals surface area contributed by atoms with E-state index in [0.29, 0.717) is 43.8 Å².